The summed E-state index contributed by atoms with van der Waals surface area (Å²) in [5.41, 5.74) is 5.54. The van der Waals surface area contributed by atoms with Gasteiger partial charge >= 0.3 is 0 Å². The van der Waals surface area contributed by atoms with Crippen molar-refractivity contribution in [1.82, 2.24) is 37.2 Å². The van der Waals surface area contributed by atoms with Crippen LogP contribution in [0, 0.1) is 17.8 Å². The van der Waals surface area contributed by atoms with Gasteiger partial charge in [0.05, 0.1) is 12.5 Å². The minimum Gasteiger partial charge on any atom is -0.368 e. The van der Waals surface area contributed by atoms with Gasteiger partial charge < -0.3 is 43.0 Å². The zero-order valence-electron chi connectivity index (χ0n) is 34.1. The summed E-state index contributed by atoms with van der Waals surface area (Å²) < 4.78 is 0. The molecule has 0 spiro atoms. The minimum atomic E-state index is -1.29. The standard InChI is InChI=1S/C38H72N8O7/c1-11-12-13-14-15-16-17-18-19-20-21-41-29(47)22-28(33(39)48)43-36(51)30(23(2)3)45-38(53)32(25(6)7)46-37(52)31(24(4)5)44-35(50)27(9)42-34(49)26(8)40-10/h23-28,30-32,40H,11-22H2,1-10H3,(H2,39,48)(H,41,47)(H,42,49)(H,43,51)(H,44,50)(H,45,53)(H,46,52)/t26-,27-,28-,30-,31-,32-/m0/s1. The highest BCUT2D eigenvalue weighted by Gasteiger charge is 2.35. The summed E-state index contributed by atoms with van der Waals surface area (Å²) in [4.78, 5) is 90.3. The monoisotopic (exact) mass is 753 g/mol. The number of rotatable bonds is 28. The van der Waals surface area contributed by atoms with Crippen LogP contribution >= 0.6 is 0 Å². The van der Waals surface area contributed by atoms with Crippen LogP contribution in [0.3, 0.4) is 0 Å². The third kappa shape index (κ3) is 20.3. The molecule has 15 nitrogen and oxygen atoms in total. The summed E-state index contributed by atoms with van der Waals surface area (Å²) in [7, 11) is 1.62. The molecule has 0 aliphatic heterocycles. The second-order valence-corrected chi connectivity index (χ2v) is 15.1. The molecule has 0 aromatic heterocycles. The van der Waals surface area contributed by atoms with Crippen LogP contribution in [0.25, 0.3) is 0 Å². The van der Waals surface area contributed by atoms with Crippen molar-refractivity contribution in [2.45, 2.75) is 169 Å². The average Bonchev–Trinajstić information content (AvgIpc) is 3.08. The zero-order valence-corrected chi connectivity index (χ0v) is 34.1. The van der Waals surface area contributed by atoms with Crippen molar-refractivity contribution < 1.29 is 33.6 Å². The molecule has 0 saturated carbocycles. The normalized spacial score (nSPS) is 14.7. The van der Waals surface area contributed by atoms with Gasteiger partial charge in [0.25, 0.3) is 0 Å². The predicted molar refractivity (Wildman–Crippen MR) is 207 cm³/mol. The molecule has 0 aromatic carbocycles. The van der Waals surface area contributed by atoms with Crippen molar-refractivity contribution in [1.29, 1.82) is 0 Å². The summed E-state index contributed by atoms with van der Waals surface area (Å²) >= 11 is 0. The SMILES string of the molecule is CCCCCCCCCCCCNC(=O)C[C@H](NC(=O)[C@@H](NC(=O)[C@@H](NC(=O)[C@@H](NC(=O)[C@H](C)NC(=O)[C@H](C)NC)C(C)C)C(C)C)C(C)C)C(N)=O. The Kier molecular flexibility index (Phi) is 25.0. The van der Waals surface area contributed by atoms with E-state index in [4.69, 9.17) is 5.73 Å². The number of unbranched alkanes of at least 4 members (excludes halogenated alkanes) is 9. The Morgan fingerprint density at radius 3 is 1.26 bits per heavy atom. The number of carbonyl (C=O) groups is 7. The van der Waals surface area contributed by atoms with E-state index >= 15 is 0 Å². The number of likely N-dealkylation sites (N-methyl/N-ethyl adjacent to an activating group) is 1. The molecule has 0 aliphatic rings. The molecule has 306 valence electrons. The van der Waals surface area contributed by atoms with Gasteiger partial charge in [-0.1, -0.05) is 106 Å². The number of amides is 7. The lowest BCUT2D eigenvalue weighted by atomic mass is 9.97. The quantitative estimate of drug-likeness (QED) is 0.0550. The van der Waals surface area contributed by atoms with Gasteiger partial charge in [-0.05, 0) is 45.1 Å². The van der Waals surface area contributed by atoms with Crippen LogP contribution in [0.15, 0.2) is 0 Å². The highest BCUT2D eigenvalue weighted by atomic mass is 16.2. The van der Waals surface area contributed by atoms with E-state index < -0.39 is 83.5 Å². The van der Waals surface area contributed by atoms with E-state index in [9.17, 15) is 33.6 Å². The van der Waals surface area contributed by atoms with E-state index in [1.807, 2.05) is 0 Å². The van der Waals surface area contributed by atoms with Crippen molar-refractivity contribution in [2.75, 3.05) is 13.6 Å². The fourth-order valence-electron chi connectivity index (χ4n) is 5.49. The molecule has 0 bridgehead atoms. The van der Waals surface area contributed by atoms with Crippen LogP contribution in [0.1, 0.15) is 133 Å². The maximum atomic E-state index is 13.6. The van der Waals surface area contributed by atoms with Crippen LogP contribution in [-0.4, -0.2) is 91.2 Å². The maximum absolute atomic E-state index is 13.6. The fraction of sp³-hybridized carbons (Fsp3) is 0.816. The highest BCUT2D eigenvalue weighted by Crippen LogP contribution is 2.12. The Labute approximate surface area is 318 Å². The first kappa shape index (κ1) is 49.2. The number of primary amides is 1. The van der Waals surface area contributed by atoms with Crippen molar-refractivity contribution in [3.05, 3.63) is 0 Å². The minimum absolute atomic E-state index is 0.346. The molecular weight excluding hydrogens is 680 g/mol. The molecule has 6 atom stereocenters. The van der Waals surface area contributed by atoms with Gasteiger partial charge in [0.1, 0.15) is 30.2 Å². The number of hydrogen-bond acceptors (Lipinski definition) is 8. The lowest BCUT2D eigenvalue weighted by Crippen LogP contribution is -2.61. The Balaban J connectivity index is 5.29. The van der Waals surface area contributed by atoms with Gasteiger partial charge in [-0.15, -0.1) is 0 Å². The van der Waals surface area contributed by atoms with E-state index in [0.717, 1.165) is 19.3 Å². The topological polar surface area (TPSA) is 230 Å². The molecule has 0 aromatic rings. The van der Waals surface area contributed by atoms with Crippen molar-refractivity contribution in [3.63, 3.8) is 0 Å². The molecule has 0 rings (SSSR count). The van der Waals surface area contributed by atoms with E-state index in [0.29, 0.717) is 6.54 Å². The second-order valence-electron chi connectivity index (χ2n) is 15.1. The number of carbonyl (C=O) groups excluding carboxylic acids is 7. The van der Waals surface area contributed by atoms with Crippen LogP contribution in [0.5, 0.6) is 0 Å². The first-order valence-electron chi connectivity index (χ1n) is 19.6. The lowest BCUT2D eigenvalue weighted by Gasteiger charge is -2.30. The van der Waals surface area contributed by atoms with E-state index in [2.05, 4.69) is 44.1 Å². The molecule has 0 heterocycles. The van der Waals surface area contributed by atoms with E-state index in [1.54, 1.807) is 55.5 Å². The highest BCUT2D eigenvalue weighted by molar-refractivity contribution is 5.97. The first-order valence-corrected chi connectivity index (χ1v) is 19.6. The summed E-state index contributed by atoms with van der Waals surface area (Å²) in [5, 5.41) is 18.7. The molecule has 53 heavy (non-hydrogen) atoms. The zero-order chi connectivity index (χ0) is 40.7. The number of nitrogens with two attached hydrogens (primary N) is 1. The van der Waals surface area contributed by atoms with E-state index in [-0.39, 0.29) is 18.2 Å². The van der Waals surface area contributed by atoms with Crippen molar-refractivity contribution in [3.8, 4) is 0 Å². The molecule has 0 fully saturated rings. The average molecular weight is 753 g/mol. The van der Waals surface area contributed by atoms with Gasteiger partial charge in [0.2, 0.25) is 41.4 Å². The molecule has 0 aliphatic carbocycles. The van der Waals surface area contributed by atoms with Crippen LogP contribution in [-0.2, 0) is 33.6 Å². The molecule has 7 amide bonds. The largest absolute Gasteiger partial charge is 0.368 e. The predicted octanol–water partition coefficient (Wildman–Crippen LogP) is 1.92. The third-order valence-electron chi connectivity index (χ3n) is 9.22. The van der Waals surface area contributed by atoms with Gasteiger partial charge in [-0.2, -0.15) is 0 Å². The Bertz CT molecular complexity index is 1160. The molecular formula is C38H72N8O7. The Hall–Kier alpha value is -3.75. The lowest BCUT2D eigenvalue weighted by molar-refractivity contribution is -0.136. The second kappa shape index (κ2) is 26.9. The third-order valence-corrected chi connectivity index (χ3v) is 9.22. The molecule has 0 unspecified atom stereocenters. The fourth-order valence-corrected chi connectivity index (χ4v) is 5.49. The summed E-state index contributed by atoms with van der Waals surface area (Å²) in [6.07, 6.45) is 11.3. The van der Waals surface area contributed by atoms with Crippen molar-refractivity contribution >= 4 is 41.4 Å². The van der Waals surface area contributed by atoms with Gasteiger partial charge in [0.15, 0.2) is 0 Å². The maximum Gasteiger partial charge on any atom is 0.243 e. The smallest absolute Gasteiger partial charge is 0.243 e. The van der Waals surface area contributed by atoms with Gasteiger partial charge in [-0.25, -0.2) is 0 Å². The summed E-state index contributed by atoms with van der Waals surface area (Å²) in [6, 6.07) is -6.00. The summed E-state index contributed by atoms with van der Waals surface area (Å²) in [6.45, 7) is 16.1. The van der Waals surface area contributed by atoms with Crippen molar-refractivity contribution in [2.24, 2.45) is 23.5 Å². The Morgan fingerprint density at radius 2 is 0.868 bits per heavy atom. The summed E-state index contributed by atoms with van der Waals surface area (Å²) in [5.74, 6) is -5.47. The van der Waals surface area contributed by atoms with Gasteiger partial charge in [-0.3, -0.25) is 33.6 Å². The van der Waals surface area contributed by atoms with Crippen LogP contribution in [0.4, 0.5) is 0 Å². The first-order chi connectivity index (χ1) is 24.9. The van der Waals surface area contributed by atoms with E-state index in [1.165, 1.54) is 51.9 Å². The molecule has 9 N–H and O–H groups in total. The molecule has 0 radical (unpaired) electrons. The van der Waals surface area contributed by atoms with Crippen LogP contribution in [0.2, 0.25) is 0 Å². The molecule has 0 saturated heterocycles. The number of nitrogens with one attached hydrogen (secondary N) is 7. The molecule has 15 heteroatoms. The number of hydrogen-bond donors (Lipinski definition) is 8. The van der Waals surface area contributed by atoms with Crippen LogP contribution < -0.4 is 43.0 Å². The van der Waals surface area contributed by atoms with Gasteiger partial charge in [0, 0.05) is 6.54 Å². The Morgan fingerprint density at radius 1 is 0.491 bits per heavy atom.